The van der Waals surface area contributed by atoms with E-state index in [1.165, 1.54) is 12.8 Å². The second-order valence-corrected chi connectivity index (χ2v) is 7.62. The van der Waals surface area contributed by atoms with Crippen molar-refractivity contribution in [3.63, 3.8) is 0 Å². The van der Waals surface area contributed by atoms with Gasteiger partial charge in [-0.05, 0) is 43.2 Å². The number of carboxylic acid groups (broad SMARTS) is 1. The summed E-state index contributed by atoms with van der Waals surface area (Å²) in [5, 5.41) is 20.1. The number of amides is 1. The zero-order valence-corrected chi connectivity index (χ0v) is 14.6. The summed E-state index contributed by atoms with van der Waals surface area (Å²) < 4.78 is 0. The van der Waals surface area contributed by atoms with Crippen LogP contribution in [-0.4, -0.2) is 57.3 Å². The first-order valence-corrected chi connectivity index (χ1v) is 9.24. The summed E-state index contributed by atoms with van der Waals surface area (Å²) in [6.07, 6.45) is 6.21. The van der Waals surface area contributed by atoms with Crippen LogP contribution >= 0.6 is 0 Å². The Balaban J connectivity index is 1.25. The van der Waals surface area contributed by atoms with Crippen LogP contribution in [0.3, 0.4) is 0 Å². The maximum absolute atomic E-state index is 12.3. The molecule has 0 saturated heterocycles. The predicted molar refractivity (Wildman–Crippen MR) is 96.7 cm³/mol. The average molecular weight is 356 g/mol. The van der Waals surface area contributed by atoms with E-state index in [1.54, 1.807) is 6.20 Å². The van der Waals surface area contributed by atoms with Crippen LogP contribution in [0.25, 0.3) is 10.9 Å². The van der Waals surface area contributed by atoms with Gasteiger partial charge >= 0.3 is 5.97 Å². The lowest BCUT2D eigenvalue weighted by Crippen LogP contribution is -2.55. The van der Waals surface area contributed by atoms with Crippen molar-refractivity contribution in [2.75, 3.05) is 13.1 Å². The molecule has 0 atom stereocenters. The third-order valence-electron chi connectivity index (χ3n) is 5.39. The number of benzene rings is 1. The van der Waals surface area contributed by atoms with E-state index in [-0.39, 0.29) is 24.5 Å². The first-order chi connectivity index (χ1) is 12.6. The zero-order valence-electron chi connectivity index (χ0n) is 14.6. The molecule has 1 amide bonds. The van der Waals surface area contributed by atoms with Crippen LogP contribution in [0.4, 0.5) is 0 Å². The van der Waals surface area contributed by atoms with Gasteiger partial charge < -0.3 is 10.4 Å². The van der Waals surface area contributed by atoms with Crippen molar-refractivity contribution in [1.82, 2.24) is 20.4 Å². The molecule has 2 aliphatic carbocycles. The molecule has 0 spiro atoms. The molecule has 2 fully saturated rings. The first kappa shape index (κ1) is 17.0. The number of aliphatic carboxylic acids is 1. The van der Waals surface area contributed by atoms with Gasteiger partial charge in [-0.25, -0.2) is 0 Å². The van der Waals surface area contributed by atoms with E-state index in [1.807, 2.05) is 18.2 Å². The van der Waals surface area contributed by atoms with E-state index >= 15 is 0 Å². The van der Waals surface area contributed by atoms with Crippen LogP contribution < -0.4 is 5.32 Å². The highest BCUT2D eigenvalue weighted by Gasteiger charge is 2.37. The summed E-state index contributed by atoms with van der Waals surface area (Å²) in [4.78, 5) is 25.4. The number of fused-ring (bicyclic) bond motifs is 1. The standard InChI is InChI=1S/C19H24N4O3/c24-18(6-13-3-4-14-9-20-22-17(14)5-13)21-15-7-16(8-15)23(11-19(25)26)10-12-1-2-12/h3-5,9,12,15-16H,1-2,6-8,10-11H2,(H,20,22)(H,21,24)(H,25,26). The Hall–Kier alpha value is -2.41. The lowest BCUT2D eigenvalue weighted by molar-refractivity contribution is -0.140. The fraction of sp³-hybridized carbons (Fsp3) is 0.526. The lowest BCUT2D eigenvalue weighted by atomic mass is 9.85. The molecule has 4 rings (SSSR count). The third-order valence-corrected chi connectivity index (χ3v) is 5.39. The third kappa shape index (κ3) is 4.04. The maximum Gasteiger partial charge on any atom is 0.317 e. The highest BCUT2D eigenvalue weighted by molar-refractivity contribution is 5.83. The molecule has 0 unspecified atom stereocenters. The molecular weight excluding hydrogens is 332 g/mol. The summed E-state index contributed by atoms with van der Waals surface area (Å²) in [5.41, 5.74) is 1.89. The Morgan fingerprint density at radius 1 is 1.31 bits per heavy atom. The van der Waals surface area contributed by atoms with Crippen LogP contribution in [0.2, 0.25) is 0 Å². The summed E-state index contributed by atoms with van der Waals surface area (Å²) in [7, 11) is 0. The Kier molecular flexibility index (Phi) is 4.63. The second kappa shape index (κ2) is 7.07. The monoisotopic (exact) mass is 356 g/mol. The van der Waals surface area contributed by atoms with E-state index in [2.05, 4.69) is 20.4 Å². The number of rotatable bonds is 8. The van der Waals surface area contributed by atoms with Crippen LogP contribution in [0.5, 0.6) is 0 Å². The smallest absolute Gasteiger partial charge is 0.317 e. The van der Waals surface area contributed by atoms with Gasteiger partial charge in [-0.1, -0.05) is 12.1 Å². The van der Waals surface area contributed by atoms with Crippen molar-refractivity contribution in [2.24, 2.45) is 5.92 Å². The van der Waals surface area contributed by atoms with Crippen molar-refractivity contribution >= 4 is 22.8 Å². The molecule has 1 aromatic carbocycles. The van der Waals surface area contributed by atoms with Gasteiger partial charge in [0.25, 0.3) is 0 Å². The lowest BCUT2D eigenvalue weighted by Gasteiger charge is -2.42. The minimum atomic E-state index is -0.771. The highest BCUT2D eigenvalue weighted by atomic mass is 16.4. The molecule has 0 aliphatic heterocycles. The maximum atomic E-state index is 12.3. The number of H-pyrrole nitrogens is 1. The van der Waals surface area contributed by atoms with Crippen molar-refractivity contribution in [1.29, 1.82) is 0 Å². The summed E-state index contributed by atoms with van der Waals surface area (Å²) in [6.45, 7) is 0.980. The molecule has 138 valence electrons. The number of nitrogens with zero attached hydrogens (tertiary/aromatic N) is 2. The van der Waals surface area contributed by atoms with Gasteiger partial charge in [-0.15, -0.1) is 0 Å². The molecule has 2 aliphatic rings. The SMILES string of the molecule is O=C(O)CN(CC1CC1)C1CC(NC(=O)Cc2ccc3cn[nH]c3c2)C1. The van der Waals surface area contributed by atoms with Crippen molar-refractivity contribution in [2.45, 2.75) is 44.2 Å². The largest absolute Gasteiger partial charge is 0.480 e. The fourth-order valence-corrected chi connectivity index (χ4v) is 3.71. The van der Waals surface area contributed by atoms with Gasteiger partial charge in [0, 0.05) is 24.0 Å². The molecule has 2 aromatic rings. The summed E-state index contributed by atoms with van der Waals surface area (Å²) in [6, 6.07) is 6.29. The first-order valence-electron chi connectivity index (χ1n) is 9.24. The Morgan fingerprint density at radius 3 is 2.85 bits per heavy atom. The number of hydrogen-bond acceptors (Lipinski definition) is 4. The van der Waals surface area contributed by atoms with E-state index in [4.69, 9.17) is 5.11 Å². The van der Waals surface area contributed by atoms with E-state index in [9.17, 15) is 9.59 Å². The molecular formula is C19H24N4O3. The van der Waals surface area contributed by atoms with Crippen LogP contribution in [0, 0.1) is 5.92 Å². The predicted octanol–water partition coefficient (Wildman–Crippen LogP) is 1.55. The average Bonchev–Trinajstić information content (AvgIpc) is 3.23. The van der Waals surface area contributed by atoms with Crippen LogP contribution in [0.15, 0.2) is 24.4 Å². The quantitative estimate of drug-likeness (QED) is 0.667. The Labute approximate surface area is 151 Å². The minimum absolute atomic E-state index is 0.0132. The van der Waals surface area contributed by atoms with Crippen LogP contribution in [0.1, 0.15) is 31.2 Å². The number of hydrogen-bond donors (Lipinski definition) is 3. The minimum Gasteiger partial charge on any atom is -0.480 e. The number of carbonyl (C=O) groups excluding carboxylic acids is 1. The zero-order chi connectivity index (χ0) is 18.1. The van der Waals surface area contributed by atoms with Gasteiger partial charge in [-0.3, -0.25) is 19.6 Å². The van der Waals surface area contributed by atoms with Crippen molar-refractivity contribution in [3.05, 3.63) is 30.0 Å². The number of aromatic amines is 1. The van der Waals surface area contributed by atoms with Crippen LogP contribution in [-0.2, 0) is 16.0 Å². The number of nitrogens with one attached hydrogen (secondary N) is 2. The molecule has 26 heavy (non-hydrogen) atoms. The van der Waals surface area contributed by atoms with E-state index in [0.29, 0.717) is 12.3 Å². The van der Waals surface area contributed by atoms with Crippen molar-refractivity contribution < 1.29 is 14.7 Å². The number of aromatic nitrogens is 2. The molecule has 1 heterocycles. The van der Waals surface area contributed by atoms with Gasteiger partial charge in [0.15, 0.2) is 0 Å². The molecule has 1 aromatic heterocycles. The molecule has 7 heteroatoms. The molecule has 0 radical (unpaired) electrons. The second-order valence-electron chi connectivity index (χ2n) is 7.62. The highest BCUT2D eigenvalue weighted by Crippen LogP contribution is 2.33. The molecule has 2 saturated carbocycles. The molecule has 0 bridgehead atoms. The Bertz CT molecular complexity index is 808. The van der Waals surface area contributed by atoms with Gasteiger partial charge in [0.2, 0.25) is 5.91 Å². The topological polar surface area (TPSA) is 98.3 Å². The molecule has 3 N–H and O–H groups in total. The van der Waals surface area contributed by atoms with Gasteiger partial charge in [-0.2, -0.15) is 5.10 Å². The van der Waals surface area contributed by atoms with E-state index in [0.717, 1.165) is 35.9 Å². The number of carboxylic acids is 1. The summed E-state index contributed by atoms with van der Waals surface area (Å²) >= 11 is 0. The summed E-state index contributed by atoms with van der Waals surface area (Å²) in [5.74, 6) is -0.0907. The van der Waals surface area contributed by atoms with Crippen molar-refractivity contribution in [3.8, 4) is 0 Å². The van der Waals surface area contributed by atoms with E-state index < -0.39 is 5.97 Å². The fourth-order valence-electron chi connectivity index (χ4n) is 3.71. The van der Waals surface area contributed by atoms with Gasteiger partial charge in [0.05, 0.1) is 24.7 Å². The number of carbonyl (C=O) groups is 2. The Morgan fingerprint density at radius 2 is 2.12 bits per heavy atom. The molecule has 7 nitrogen and oxygen atoms in total. The normalized spacial score (nSPS) is 22.3. The van der Waals surface area contributed by atoms with Gasteiger partial charge in [0.1, 0.15) is 0 Å².